The molecule has 2 aromatic rings. The van der Waals surface area contributed by atoms with Crippen molar-refractivity contribution < 1.29 is 4.92 Å². The maximum atomic E-state index is 10.9. The Bertz CT molecular complexity index is 594. The summed E-state index contributed by atoms with van der Waals surface area (Å²) >= 11 is 5.76. The fraction of sp³-hybridized carbons (Fsp3) is 0.200. The standard InChI is InChI=1S/C10H9ClN4O2/c1-6-5-7(2)14(13-6)10-8(15(16)17)3-4-9(11)12-10/h3-5H,1-2H3. The fourth-order valence-corrected chi connectivity index (χ4v) is 1.70. The number of nitro groups is 1. The third kappa shape index (κ3) is 2.12. The van der Waals surface area contributed by atoms with Gasteiger partial charge in [0.2, 0.25) is 5.82 Å². The molecule has 0 aliphatic heterocycles. The van der Waals surface area contributed by atoms with Crippen molar-refractivity contribution in [1.29, 1.82) is 0 Å². The average Bonchev–Trinajstić information content (AvgIpc) is 2.57. The Morgan fingerprint density at radius 3 is 2.65 bits per heavy atom. The van der Waals surface area contributed by atoms with E-state index in [1.54, 1.807) is 13.8 Å². The average molecular weight is 253 g/mol. The van der Waals surface area contributed by atoms with Gasteiger partial charge in [-0.05, 0) is 26.0 Å². The van der Waals surface area contributed by atoms with Crippen molar-refractivity contribution in [3.05, 3.63) is 44.9 Å². The van der Waals surface area contributed by atoms with Gasteiger partial charge in [0.15, 0.2) is 0 Å². The largest absolute Gasteiger partial charge is 0.313 e. The Morgan fingerprint density at radius 2 is 2.12 bits per heavy atom. The number of aryl methyl sites for hydroxylation is 2. The molecule has 0 aliphatic carbocycles. The number of nitrogens with zero attached hydrogens (tertiary/aromatic N) is 4. The van der Waals surface area contributed by atoms with Gasteiger partial charge < -0.3 is 0 Å². The maximum Gasteiger partial charge on any atom is 0.313 e. The second-order valence-corrected chi connectivity index (χ2v) is 3.96. The highest BCUT2D eigenvalue weighted by molar-refractivity contribution is 6.29. The van der Waals surface area contributed by atoms with Crippen LogP contribution in [0.4, 0.5) is 5.69 Å². The van der Waals surface area contributed by atoms with Gasteiger partial charge in [-0.15, -0.1) is 0 Å². The van der Waals surface area contributed by atoms with Crippen LogP contribution in [0, 0.1) is 24.0 Å². The van der Waals surface area contributed by atoms with E-state index in [0.29, 0.717) is 0 Å². The molecule has 0 aromatic carbocycles. The zero-order chi connectivity index (χ0) is 12.6. The van der Waals surface area contributed by atoms with Crippen molar-refractivity contribution in [1.82, 2.24) is 14.8 Å². The van der Waals surface area contributed by atoms with Crippen LogP contribution in [0.3, 0.4) is 0 Å². The third-order valence-corrected chi connectivity index (χ3v) is 2.44. The first-order valence-electron chi connectivity index (χ1n) is 4.83. The van der Waals surface area contributed by atoms with Crippen LogP contribution in [0.2, 0.25) is 5.15 Å². The lowest BCUT2D eigenvalue weighted by Gasteiger charge is -2.04. The van der Waals surface area contributed by atoms with Crippen LogP contribution in [0.5, 0.6) is 0 Å². The minimum Gasteiger partial charge on any atom is -0.258 e. The third-order valence-electron chi connectivity index (χ3n) is 2.23. The molecule has 6 nitrogen and oxygen atoms in total. The topological polar surface area (TPSA) is 73.8 Å². The number of halogens is 1. The van der Waals surface area contributed by atoms with Gasteiger partial charge in [0, 0.05) is 11.8 Å². The van der Waals surface area contributed by atoms with Crippen molar-refractivity contribution >= 4 is 17.3 Å². The second-order valence-electron chi connectivity index (χ2n) is 3.57. The summed E-state index contributed by atoms with van der Waals surface area (Å²) < 4.78 is 1.42. The summed E-state index contributed by atoms with van der Waals surface area (Å²) in [5.41, 5.74) is 1.40. The molecule has 0 unspecified atom stereocenters. The molecule has 0 bridgehead atoms. The molecule has 7 heteroatoms. The molecule has 0 fully saturated rings. The Hall–Kier alpha value is -1.95. The van der Waals surface area contributed by atoms with E-state index in [9.17, 15) is 10.1 Å². The summed E-state index contributed by atoms with van der Waals surface area (Å²) in [5, 5.41) is 15.3. The summed E-state index contributed by atoms with van der Waals surface area (Å²) in [6.07, 6.45) is 0. The first kappa shape index (κ1) is 11.5. The summed E-state index contributed by atoms with van der Waals surface area (Å²) in [6, 6.07) is 4.52. The summed E-state index contributed by atoms with van der Waals surface area (Å²) in [6.45, 7) is 3.60. The zero-order valence-electron chi connectivity index (χ0n) is 9.22. The van der Waals surface area contributed by atoms with Gasteiger partial charge in [0.25, 0.3) is 0 Å². The van der Waals surface area contributed by atoms with Crippen molar-refractivity contribution in [3.63, 3.8) is 0 Å². The van der Waals surface area contributed by atoms with Gasteiger partial charge >= 0.3 is 5.69 Å². The molecule has 0 saturated heterocycles. The molecule has 0 saturated carbocycles. The molecule has 0 spiro atoms. The lowest BCUT2D eigenvalue weighted by atomic mass is 10.3. The number of hydrogen-bond donors (Lipinski definition) is 0. The van der Waals surface area contributed by atoms with E-state index in [2.05, 4.69) is 10.1 Å². The van der Waals surface area contributed by atoms with E-state index in [0.717, 1.165) is 11.4 Å². The quantitative estimate of drug-likeness (QED) is 0.467. The highest BCUT2D eigenvalue weighted by Gasteiger charge is 2.19. The summed E-state index contributed by atoms with van der Waals surface area (Å²) in [4.78, 5) is 14.4. The van der Waals surface area contributed by atoms with Crippen LogP contribution in [0.15, 0.2) is 18.2 Å². The Morgan fingerprint density at radius 1 is 1.41 bits per heavy atom. The van der Waals surface area contributed by atoms with E-state index >= 15 is 0 Å². The van der Waals surface area contributed by atoms with Gasteiger partial charge in [-0.3, -0.25) is 10.1 Å². The van der Waals surface area contributed by atoms with Gasteiger partial charge in [0.1, 0.15) is 5.15 Å². The van der Waals surface area contributed by atoms with Crippen LogP contribution < -0.4 is 0 Å². The SMILES string of the molecule is Cc1cc(C)n(-c2nc(Cl)ccc2[N+](=O)[O-])n1. The molecule has 0 radical (unpaired) electrons. The molecular weight excluding hydrogens is 244 g/mol. The summed E-state index contributed by atoms with van der Waals surface area (Å²) in [7, 11) is 0. The van der Waals surface area contributed by atoms with Crippen LogP contribution in [-0.4, -0.2) is 19.7 Å². The van der Waals surface area contributed by atoms with Gasteiger partial charge in [-0.2, -0.15) is 5.10 Å². The highest BCUT2D eigenvalue weighted by atomic mass is 35.5. The van der Waals surface area contributed by atoms with Crippen LogP contribution in [0.25, 0.3) is 5.82 Å². The smallest absolute Gasteiger partial charge is 0.258 e. The predicted molar refractivity (Wildman–Crippen MR) is 62.5 cm³/mol. The lowest BCUT2D eigenvalue weighted by Crippen LogP contribution is -2.06. The van der Waals surface area contributed by atoms with Crippen LogP contribution >= 0.6 is 11.6 Å². The molecule has 17 heavy (non-hydrogen) atoms. The minimum absolute atomic E-state index is 0.124. The fourth-order valence-electron chi connectivity index (χ4n) is 1.56. The molecular formula is C10H9ClN4O2. The van der Waals surface area contributed by atoms with E-state index < -0.39 is 4.92 Å². The van der Waals surface area contributed by atoms with E-state index in [-0.39, 0.29) is 16.7 Å². The number of rotatable bonds is 2. The van der Waals surface area contributed by atoms with E-state index in [4.69, 9.17) is 11.6 Å². The van der Waals surface area contributed by atoms with Crippen molar-refractivity contribution in [2.75, 3.05) is 0 Å². The van der Waals surface area contributed by atoms with E-state index in [1.165, 1.54) is 16.8 Å². The van der Waals surface area contributed by atoms with Crippen molar-refractivity contribution in [3.8, 4) is 5.82 Å². The predicted octanol–water partition coefficient (Wildman–Crippen LogP) is 2.45. The van der Waals surface area contributed by atoms with Gasteiger partial charge in [-0.25, -0.2) is 9.67 Å². The van der Waals surface area contributed by atoms with Crippen LogP contribution in [0.1, 0.15) is 11.4 Å². The number of hydrogen-bond acceptors (Lipinski definition) is 4. The summed E-state index contributed by atoms with van der Waals surface area (Å²) in [5.74, 6) is 0.133. The van der Waals surface area contributed by atoms with Gasteiger partial charge in [-0.1, -0.05) is 11.6 Å². The molecule has 0 amide bonds. The minimum atomic E-state index is -0.505. The Labute approximate surface area is 102 Å². The number of aromatic nitrogens is 3. The van der Waals surface area contributed by atoms with Crippen molar-refractivity contribution in [2.45, 2.75) is 13.8 Å². The maximum absolute atomic E-state index is 10.9. The molecule has 0 N–H and O–H groups in total. The number of pyridine rings is 1. The molecule has 2 aromatic heterocycles. The van der Waals surface area contributed by atoms with Gasteiger partial charge in [0.05, 0.1) is 10.6 Å². The first-order valence-corrected chi connectivity index (χ1v) is 5.21. The molecule has 2 rings (SSSR count). The molecule has 0 aliphatic rings. The zero-order valence-corrected chi connectivity index (χ0v) is 9.97. The monoisotopic (exact) mass is 252 g/mol. The highest BCUT2D eigenvalue weighted by Crippen LogP contribution is 2.23. The molecule has 0 atom stereocenters. The molecule has 2 heterocycles. The Balaban J connectivity index is 2.69. The molecule has 88 valence electrons. The lowest BCUT2D eigenvalue weighted by molar-refractivity contribution is -0.384. The second kappa shape index (κ2) is 4.14. The normalized spacial score (nSPS) is 10.5. The Kier molecular flexibility index (Phi) is 2.81. The van der Waals surface area contributed by atoms with Crippen LogP contribution in [-0.2, 0) is 0 Å². The van der Waals surface area contributed by atoms with E-state index in [1.807, 2.05) is 6.07 Å². The first-order chi connectivity index (χ1) is 7.99. The van der Waals surface area contributed by atoms with Crippen molar-refractivity contribution in [2.24, 2.45) is 0 Å².